The molecule has 1 aliphatic carbocycles. The summed E-state index contributed by atoms with van der Waals surface area (Å²) in [6.07, 6.45) is 8.31. The molecule has 0 spiro atoms. The van der Waals surface area contributed by atoms with Gasteiger partial charge >= 0.3 is 0 Å². The second kappa shape index (κ2) is 13.5. The van der Waals surface area contributed by atoms with Gasteiger partial charge in [-0.15, -0.1) is 0 Å². The number of hydrogen-bond donors (Lipinski definition) is 2. The maximum absolute atomic E-state index is 13.8. The van der Waals surface area contributed by atoms with Crippen LogP contribution in [0.25, 0.3) is 11.4 Å². The van der Waals surface area contributed by atoms with Gasteiger partial charge in [0, 0.05) is 55.4 Å². The van der Waals surface area contributed by atoms with Crippen LogP contribution in [0.2, 0.25) is 0 Å². The first kappa shape index (κ1) is 31.5. The molecule has 3 heterocycles. The van der Waals surface area contributed by atoms with Crippen molar-refractivity contribution in [2.45, 2.75) is 64.8 Å². The highest BCUT2D eigenvalue weighted by molar-refractivity contribution is 6.05. The molecule has 10 nitrogen and oxygen atoms in total. The van der Waals surface area contributed by atoms with Crippen LogP contribution < -0.4 is 20.3 Å². The average Bonchev–Trinajstić information content (AvgIpc) is 3.28. The zero-order valence-electron chi connectivity index (χ0n) is 28.0. The van der Waals surface area contributed by atoms with E-state index in [0.717, 1.165) is 114 Å². The first-order valence-electron chi connectivity index (χ1n) is 16.5. The Morgan fingerprint density at radius 3 is 2.48 bits per heavy atom. The summed E-state index contributed by atoms with van der Waals surface area (Å²) < 4.78 is 7.61. The van der Waals surface area contributed by atoms with Crippen molar-refractivity contribution in [3.05, 3.63) is 70.5 Å². The van der Waals surface area contributed by atoms with Crippen LogP contribution in [0, 0.1) is 0 Å². The number of aromatic nitrogens is 4. The van der Waals surface area contributed by atoms with E-state index in [0.29, 0.717) is 17.7 Å². The minimum Gasteiger partial charge on any atom is -0.494 e. The summed E-state index contributed by atoms with van der Waals surface area (Å²) in [6.45, 7) is 6.26. The number of amides is 1. The number of ether oxygens (including phenoxy) is 1. The summed E-state index contributed by atoms with van der Waals surface area (Å²) in [4.78, 5) is 28.2. The van der Waals surface area contributed by atoms with Gasteiger partial charge in [0.05, 0.1) is 24.2 Å². The molecule has 0 unspecified atom stereocenters. The molecule has 1 amide bonds. The highest BCUT2D eigenvalue weighted by Crippen LogP contribution is 2.36. The number of nitrogens with zero attached hydrogens (tertiary/aromatic N) is 6. The molecule has 1 saturated heterocycles. The number of fused-ring (bicyclic) bond motifs is 3. The molecule has 2 aromatic carbocycles. The molecule has 1 aliphatic heterocycles. The topological polar surface area (TPSA) is 100 Å². The number of methoxy groups -OCH3 is 1. The zero-order valence-corrected chi connectivity index (χ0v) is 28.0. The number of rotatable bonds is 9. The van der Waals surface area contributed by atoms with Crippen molar-refractivity contribution in [1.82, 2.24) is 24.6 Å². The van der Waals surface area contributed by atoms with Crippen molar-refractivity contribution in [3.8, 4) is 17.1 Å². The molecule has 10 heteroatoms. The molecule has 1 fully saturated rings. The molecule has 46 heavy (non-hydrogen) atoms. The monoisotopic (exact) mass is 622 g/mol. The van der Waals surface area contributed by atoms with Gasteiger partial charge in [0.15, 0.2) is 5.69 Å². The number of carbonyl (C=O) groups excluding carboxylic acids is 1. The highest BCUT2D eigenvalue weighted by Gasteiger charge is 2.28. The van der Waals surface area contributed by atoms with Crippen LogP contribution in [-0.2, 0) is 32.7 Å². The Bertz CT molecular complexity index is 1700. The summed E-state index contributed by atoms with van der Waals surface area (Å²) in [5, 5.41) is 11.4. The Kier molecular flexibility index (Phi) is 9.26. The van der Waals surface area contributed by atoms with Gasteiger partial charge in [-0.2, -0.15) is 5.10 Å². The first-order valence-corrected chi connectivity index (χ1v) is 16.5. The summed E-state index contributed by atoms with van der Waals surface area (Å²) in [5.41, 5.74) is 9.21. The molecular weight excluding hydrogens is 576 g/mol. The number of para-hydroxylation sites is 1. The van der Waals surface area contributed by atoms with Crippen molar-refractivity contribution in [2.24, 2.45) is 7.05 Å². The Hall–Kier alpha value is -4.44. The number of aryl methyl sites for hydroxylation is 4. The molecule has 0 bridgehead atoms. The van der Waals surface area contributed by atoms with Crippen molar-refractivity contribution in [1.29, 1.82) is 0 Å². The molecule has 2 N–H and O–H groups in total. The van der Waals surface area contributed by atoms with Crippen LogP contribution in [0.1, 0.15) is 65.9 Å². The van der Waals surface area contributed by atoms with Gasteiger partial charge in [-0.05, 0) is 87.9 Å². The number of hydrogen-bond acceptors (Lipinski definition) is 8. The summed E-state index contributed by atoms with van der Waals surface area (Å²) in [5.74, 6) is 1.03. The molecule has 0 saturated carbocycles. The Morgan fingerprint density at radius 1 is 1.07 bits per heavy atom. The Labute approximate surface area is 272 Å². The molecular formula is C36H46N8O2. The highest BCUT2D eigenvalue weighted by atomic mass is 16.5. The largest absolute Gasteiger partial charge is 0.494 e. The summed E-state index contributed by atoms with van der Waals surface area (Å²) in [6, 6.07) is 13.1. The lowest BCUT2D eigenvalue weighted by molar-refractivity contribution is 0.102. The third kappa shape index (κ3) is 6.18. The van der Waals surface area contributed by atoms with E-state index in [1.807, 2.05) is 19.3 Å². The maximum atomic E-state index is 13.8. The second-order valence-corrected chi connectivity index (χ2v) is 12.5. The third-order valence-electron chi connectivity index (χ3n) is 9.55. The van der Waals surface area contributed by atoms with Crippen molar-refractivity contribution < 1.29 is 9.53 Å². The maximum Gasteiger partial charge on any atom is 0.276 e. The van der Waals surface area contributed by atoms with Gasteiger partial charge < -0.3 is 25.2 Å². The Balaban J connectivity index is 1.27. The van der Waals surface area contributed by atoms with Gasteiger partial charge in [-0.25, -0.2) is 9.97 Å². The van der Waals surface area contributed by atoms with Gasteiger partial charge in [0.2, 0.25) is 5.95 Å². The predicted octanol–water partition coefficient (Wildman–Crippen LogP) is 6.03. The minimum absolute atomic E-state index is 0.181. The van der Waals surface area contributed by atoms with Crippen molar-refractivity contribution in [2.75, 3.05) is 49.8 Å². The van der Waals surface area contributed by atoms with Crippen LogP contribution >= 0.6 is 0 Å². The number of piperidine rings is 1. The quantitative estimate of drug-likeness (QED) is 0.234. The molecule has 0 radical (unpaired) electrons. The fourth-order valence-corrected chi connectivity index (χ4v) is 6.91. The van der Waals surface area contributed by atoms with E-state index in [-0.39, 0.29) is 5.91 Å². The Morgan fingerprint density at radius 2 is 1.80 bits per heavy atom. The SMILES string of the molecule is CCc1cccc(CC)c1NC(=O)c1nn(C)c2c1CCCc1cnc(Nc3ccc(N4CCC(N(C)C)CC4)cc3OC)nc1-2. The van der Waals surface area contributed by atoms with E-state index in [2.05, 4.69) is 83.7 Å². The lowest BCUT2D eigenvalue weighted by Crippen LogP contribution is -2.41. The lowest BCUT2D eigenvalue weighted by atomic mass is 10.0. The smallest absolute Gasteiger partial charge is 0.276 e. The van der Waals surface area contributed by atoms with E-state index in [1.165, 1.54) is 0 Å². The van der Waals surface area contributed by atoms with Crippen LogP contribution in [-0.4, -0.2) is 70.9 Å². The van der Waals surface area contributed by atoms with E-state index in [1.54, 1.807) is 11.8 Å². The average molecular weight is 623 g/mol. The van der Waals surface area contributed by atoms with Crippen LogP contribution in [0.4, 0.5) is 23.0 Å². The normalized spacial score (nSPS) is 14.9. The molecule has 242 valence electrons. The summed E-state index contributed by atoms with van der Waals surface area (Å²) >= 11 is 0. The lowest BCUT2D eigenvalue weighted by Gasteiger charge is -2.36. The number of benzene rings is 2. The molecule has 2 aliphatic rings. The molecule has 6 rings (SSSR count). The van der Waals surface area contributed by atoms with E-state index >= 15 is 0 Å². The third-order valence-corrected chi connectivity index (χ3v) is 9.55. The predicted molar refractivity (Wildman–Crippen MR) is 185 cm³/mol. The number of carbonyl (C=O) groups is 1. The fourth-order valence-electron chi connectivity index (χ4n) is 6.91. The van der Waals surface area contributed by atoms with E-state index in [4.69, 9.17) is 14.8 Å². The summed E-state index contributed by atoms with van der Waals surface area (Å²) in [7, 11) is 7.90. The van der Waals surface area contributed by atoms with Crippen LogP contribution in [0.3, 0.4) is 0 Å². The van der Waals surface area contributed by atoms with Gasteiger partial charge in [0.25, 0.3) is 5.91 Å². The molecule has 2 aromatic heterocycles. The zero-order chi connectivity index (χ0) is 32.4. The fraction of sp³-hybridized carbons (Fsp3) is 0.444. The van der Waals surface area contributed by atoms with E-state index < -0.39 is 0 Å². The molecule has 4 aromatic rings. The number of anilines is 4. The van der Waals surface area contributed by atoms with Crippen LogP contribution in [0.5, 0.6) is 5.75 Å². The number of nitrogens with one attached hydrogen (secondary N) is 2. The first-order chi connectivity index (χ1) is 22.3. The van der Waals surface area contributed by atoms with Crippen LogP contribution in [0.15, 0.2) is 42.6 Å². The van der Waals surface area contributed by atoms with Crippen molar-refractivity contribution >= 4 is 28.9 Å². The standard InChI is InChI=1S/C36H46N8O2/c1-7-23-11-9-12-24(8-2)31(23)39-35(45)33-28-14-10-13-25-22-37-36(40-32(25)34(28)43(5)41-33)38-29-16-15-27(21-30(29)46-6)44-19-17-26(18-20-44)42(3)4/h9,11-12,15-16,21-22,26H,7-8,10,13-14,17-20H2,1-6H3,(H,39,45)(H,37,38,40). The minimum atomic E-state index is -0.181. The van der Waals surface area contributed by atoms with Gasteiger partial charge in [0.1, 0.15) is 5.75 Å². The van der Waals surface area contributed by atoms with E-state index in [9.17, 15) is 4.79 Å². The second-order valence-electron chi connectivity index (χ2n) is 12.5. The van der Waals surface area contributed by atoms with Gasteiger partial charge in [-0.3, -0.25) is 9.48 Å². The molecule has 0 atom stereocenters. The van der Waals surface area contributed by atoms with Crippen molar-refractivity contribution in [3.63, 3.8) is 0 Å². The van der Waals surface area contributed by atoms with Gasteiger partial charge in [-0.1, -0.05) is 32.0 Å².